The fourth-order valence-electron chi connectivity index (χ4n) is 9.30. The van der Waals surface area contributed by atoms with Crippen molar-refractivity contribution < 1.29 is 28.7 Å². The van der Waals surface area contributed by atoms with E-state index >= 15 is 0 Å². The summed E-state index contributed by atoms with van der Waals surface area (Å²) in [5.74, 6) is 1.70. The summed E-state index contributed by atoms with van der Waals surface area (Å²) in [6, 6.07) is 21.3. The van der Waals surface area contributed by atoms with Gasteiger partial charge in [-0.3, -0.25) is 14.5 Å². The SMILES string of the molecule is COC(=O)N[C@H](C(=O)N1C[C@@H](C)C[C@H]1c1ncc(-c2ccc(-c3ccc(-c4ccc5nc([C@@H]6C[C@H](C)CN6C(=O)[C@H](C(C)C)N6CCOC6=O)[nH]c5c4)cc3)cc2)[nH]1)C(C)C. The Morgan fingerprint density at radius 3 is 1.92 bits per heavy atom. The number of methoxy groups -OCH3 is 1. The number of rotatable bonds is 11. The summed E-state index contributed by atoms with van der Waals surface area (Å²) in [6.45, 7) is 14.0. The summed E-state index contributed by atoms with van der Waals surface area (Å²) in [4.78, 5) is 74.3. The number of imidazole rings is 2. The summed E-state index contributed by atoms with van der Waals surface area (Å²) in [6.07, 6.45) is 2.33. The Hall–Kier alpha value is -6.18. The number of cyclic esters (lactones) is 1. The van der Waals surface area contributed by atoms with E-state index in [0.29, 0.717) is 32.2 Å². The number of alkyl carbamates (subject to hydrolysis) is 1. The smallest absolute Gasteiger partial charge is 0.410 e. The third-order valence-corrected chi connectivity index (χ3v) is 12.5. The third-order valence-electron chi connectivity index (χ3n) is 12.5. The van der Waals surface area contributed by atoms with Crippen molar-refractivity contribution in [3.8, 4) is 33.5 Å². The maximum Gasteiger partial charge on any atom is 0.410 e. The number of hydrogen-bond donors (Lipinski definition) is 3. The molecule has 5 aromatic rings. The van der Waals surface area contributed by atoms with Gasteiger partial charge in [0.25, 0.3) is 0 Å². The van der Waals surface area contributed by atoms with Crippen LogP contribution in [0.5, 0.6) is 0 Å². The number of carbonyl (C=O) groups is 4. The second-order valence-corrected chi connectivity index (χ2v) is 17.7. The number of carbonyl (C=O) groups excluding carboxylic acids is 4. The number of likely N-dealkylation sites (tertiary alicyclic amines) is 2. The van der Waals surface area contributed by atoms with Crippen molar-refractivity contribution >= 4 is 35.0 Å². The first kappa shape index (κ1) is 41.5. The van der Waals surface area contributed by atoms with Crippen LogP contribution in [0.25, 0.3) is 44.5 Å². The molecule has 320 valence electrons. The van der Waals surface area contributed by atoms with Gasteiger partial charge in [-0.05, 0) is 76.5 Å². The van der Waals surface area contributed by atoms with Crippen LogP contribution < -0.4 is 5.32 Å². The number of fused-ring (bicyclic) bond motifs is 1. The van der Waals surface area contributed by atoms with Crippen molar-refractivity contribution in [2.45, 2.75) is 78.6 Å². The minimum atomic E-state index is -0.698. The maximum atomic E-state index is 14.1. The van der Waals surface area contributed by atoms with Gasteiger partial charge in [-0.1, -0.05) is 96.1 Å². The van der Waals surface area contributed by atoms with Gasteiger partial charge in [0.2, 0.25) is 11.8 Å². The van der Waals surface area contributed by atoms with Crippen molar-refractivity contribution in [2.24, 2.45) is 23.7 Å². The molecule has 3 N–H and O–H groups in total. The molecule has 3 aliphatic heterocycles. The molecule has 3 aromatic carbocycles. The highest BCUT2D eigenvalue weighted by Crippen LogP contribution is 2.39. The molecule has 61 heavy (non-hydrogen) atoms. The Kier molecular flexibility index (Phi) is 11.6. The number of H-pyrrole nitrogens is 2. The lowest BCUT2D eigenvalue weighted by Crippen LogP contribution is -2.51. The predicted molar refractivity (Wildman–Crippen MR) is 232 cm³/mol. The number of nitrogens with one attached hydrogen (secondary N) is 3. The van der Waals surface area contributed by atoms with Crippen molar-refractivity contribution in [3.63, 3.8) is 0 Å². The minimum Gasteiger partial charge on any atom is -0.453 e. The molecule has 5 heterocycles. The molecule has 0 saturated carbocycles. The molecule has 8 rings (SSSR count). The second kappa shape index (κ2) is 17.1. The number of aromatic amines is 2. The van der Waals surface area contributed by atoms with Crippen LogP contribution in [-0.2, 0) is 19.1 Å². The Balaban J connectivity index is 0.948. The summed E-state index contributed by atoms with van der Waals surface area (Å²) < 4.78 is 9.98. The Morgan fingerprint density at radius 2 is 1.34 bits per heavy atom. The van der Waals surface area contributed by atoms with Crippen molar-refractivity contribution in [2.75, 3.05) is 33.4 Å². The zero-order valence-electron chi connectivity index (χ0n) is 36.0. The van der Waals surface area contributed by atoms with Crippen LogP contribution in [0.1, 0.15) is 78.1 Å². The van der Waals surface area contributed by atoms with Crippen molar-refractivity contribution in [1.29, 1.82) is 0 Å². The van der Waals surface area contributed by atoms with Crippen LogP contribution in [0, 0.1) is 23.7 Å². The lowest BCUT2D eigenvalue weighted by Gasteiger charge is -2.33. The number of hydrogen-bond acceptors (Lipinski definition) is 8. The molecule has 0 unspecified atom stereocenters. The fraction of sp³-hybridized carbons (Fsp3) is 0.447. The standard InChI is InChI=1S/C47H56N8O6/c1-26(2)40(52-46(58)60-7)44(56)54-24-28(5)20-38(54)42-48-23-37(51-42)33-14-12-31(13-15-33)30-8-10-32(11-9-30)34-16-17-35-36(22-34)50-43(49-35)39-21-29(6)25-55(39)45(57)41(27(3)4)53-18-19-61-47(53)59/h8-17,22-23,26-29,38-41H,18-21,24-25H2,1-7H3,(H,48,51)(H,49,50)(H,52,58)/t28-,29-,38-,39-,40-,41-/m0/s1. The zero-order chi connectivity index (χ0) is 43.1. The normalized spacial score (nSPS) is 21.4. The van der Waals surface area contributed by atoms with Gasteiger partial charge in [0.1, 0.15) is 30.3 Å². The van der Waals surface area contributed by atoms with E-state index in [1.165, 1.54) is 7.11 Å². The van der Waals surface area contributed by atoms with Gasteiger partial charge in [0, 0.05) is 13.1 Å². The molecule has 0 bridgehead atoms. The average molecular weight is 829 g/mol. The maximum absolute atomic E-state index is 14.1. The highest BCUT2D eigenvalue weighted by atomic mass is 16.6. The molecular formula is C47H56N8O6. The van der Waals surface area contributed by atoms with E-state index in [1.54, 1.807) is 4.90 Å². The molecular weight excluding hydrogens is 773 g/mol. The Bertz CT molecular complexity index is 2410. The monoisotopic (exact) mass is 828 g/mol. The number of benzene rings is 3. The summed E-state index contributed by atoms with van der Waals surface area (Å²) in [7, 11) is 1.30. The molecule has 14 nitrogen and oxygen atoms in total. The van der Waals surface area contributed by atoms with E-state index in [2.05, 4.69) is 89.8 Å². The first-order valence-electron chi connectivity index (χ1n) is 21.4. The van der Waals surface area contributed by atoms with Crippen LogP contribution in [0.15, 0.2) is 72.9 Å². The molecule has 3 aliphatic rings. The van der Waals surface area contributed by atoms with E-state index in [-0.39, 0.29) is 41.7 Å². The molecule has 4 amide bonds. The highest BCUT2D eigenvalue weighted by molar-refractivity contribution is 5.88. The van der Waals surface area contributed by atoms with Crippen LogP contribution in [0.2, 0.25) is 0 Å². The van der Waals surface area contributed by atoms with Crippen molar-refractivity contribution in [3.05, 3.63) is 84.6 Å². The summed E-state index contributed by atoms with van der Waals surface area (Å²) in [5.41, 5.74) is 7.88. The summed E-state index contributed by atoms with van der Waals surface area (Å²) >= 11 is 0. The number of nitrogens with zero attached hydrogens (tertiary/aromatic N) is 5. The first-order chi connectivity index (χ1) is 29.3. The Labute approximate surface area is 356 Å². The van der Waals surface area contributed by atoms with Crippen LogP contribution >= 0.6 is 0 Å². The molecule has 6 atom stereocenters. The number of aromatic nitrogens is 4. The summed E-state index contributed by atoms with van der Waals surface area (Å²) in [5, 5.41) is 2.72. The van der Waals surface area contributed by atoms with E-state index in [9.17, 15) is 19.2 Å². The zero-order valence-corrected chi connectivity index (χ0v) is 36.0. The van der Waals surface area contributed by atoms with Crippen molar-refractivity contribution in [1.82, 2.24) is 40.0 Å². The topological polar surface area (TPSA) is 166 Å². The first-order valence-corrected chi connectivity index (χ1v) is 21.4. The van der Waals surface area contributed by atoms with Crippen LogP contribution in [0.3, 0.4) is 0 Å². The molecule has 0 aliphatic carbocycles. The quantitative estimate of drug-likeness (QED) is 0.121. The van der Waals surface area contributed by atoms with E-state index in [4.69, 9.17) is 19.4 Å². The predicted octanol–water partition coefficient (Wildman–Crippen LogP) is 7.96. The van der Waals surface area contributed by atoms with Crippen LogP contribution in [0.4, 0.5) is 9.59 Å². The lowest BCUT2D eigenvalue weighted by atomic mass is 9.99. The van der Waals surface area contributed by atoms with E-state index in [0.717, 1.165) is 69.0 Å². The molecule has 14 heteroatoms. The van der Waals surface area contributed by atoms with Gasteiger partial charge in [-0.25, -0.2) is 19.6 Å². The molecule has 3 saturated heterocycles. The van der Waals surface area contributed by atoms with Gasteiger partial charge in [0.05, 0.1) is 48.7 Å². The van der Waals surface area contributed by atoms with Gasteiger partial charge in [0.15, 0.2) is 0 Å². The second-order valence-electron chi connectivity index (χ2n) is 17.7. The van der Waals surface area contributed by atoms with E-state index in [1.807, 2.05) is 49.8 Å². The van der Waals surface area contributed by atoms with Gasteiger partial charge < -0.3 is 34.6 Å². The van der Waals surface area contributed by atoms with Gasteiger partial charge in [-0.15, -0.1) is 0 Å². The molecule has 3 fully saturated rings. The third kappa shape index (κ3) is 8.32. The van der Waals surface area contributed by atoms with Gasteiger partial charge >= 0.3 is 12.2 Å². The van der Waals surface area contributed by atoms with E-state index < -0.39 is 24.3 Å². The average Bonchev–Trinajstić information content (AvgIpc) is 4.10. The lowest BCUT2D eigenvalue weighted by molar-refractivity contribution is -0.138. The largest absolute Gasteiger partial charge is 0.453 e. The Morgan fingerprint density at radius 1 is 0.770 bits per heavy atom. The van der Waals surface area contributed by atoms with Gasteiger partial charge in [-0.2, -0.15) is 0 Å². The number of ether oxygens (including phenoxy) is 2. The molecule has 2 aromatic heterocycles. The fourth-order valence-corrected chi connectivity index (χ4v) is 9.30. The van der Waals surface area contributed by atoms with Crippen LogP contribution in [-0.4, -0.2) is 104 Å². The number of amides is 4. The molecule has 0 spiro atoms. The minimum absolute atomic E-state index is 0.0573. The molecule has 0 radical (unpaired) electrons. The highest BCUT2D eigenvalue weighted by Gasteiger charge is 2.44.